The molecule has 2 amide bonds. The van der Waals surface area contributed by atoms with Crippen LogP contribution in [0.2, 0.25) is 0 Å². The molecule has 0 aliphatic rings. The zero-order valence-corrected chi connectivity index (χ0v) is 26.9. The minimum atomic E-state index is -4.26. The Balaban J connectivity index is 2.10. The highest BCUT2D eigenvalue weighted by Gasteiger charge is 2.34. The van der Waals surface area contributed by atoms with Gasteiger partial charge in [0, 0.05) is 18.7 Å². The SMILES string of the molecule is CC[C@H](C)NC(=O)[C@H](CC)N(Cc1cccc(C)c1)C(=O)CN(c1ccc(C)cc1)S(=O)(=O)c1ccc(OC)c(OC)c1. The molecule has 0 spiro atoms. The maximum atomic E-state index is 14.2. The van der Waals surface area contributed by atoms with E-state index in [1.165, 1.54) is 37.3 Å². The van der Waals surface area contributed by atoms with Gasteiger partial charge in [-0.05, 0) is 63.4 Å². The van der Waals surface area contributed by atoms with E-state index in [1.54, 1.807) is 24.3 Å². The van der Waals surface area contributed by atoms with E-state index in [4.69, 9.17) is 9.47 Å². The van der Waals surface area contributed by atoms with Crippen LogP contribution in [0, 0.1) is 13.8 Å². The van der Waals surface area contributed by atoms with E-state index < -0.39 is 28.5 Å². The Kier molecular flexibility index (Phi) is 11.6. The molecule has 0 radical (unpaired) electrons. The summed E-state index contributed by atoms with van der Waals surface area (Å²) in [6.45, 7) is 9.20. The van der Waals surface area contributed by atoms with Crippen LogP contribution in [0.5, 0.6) is 11.5 Å². The van der Waals surface area contributed by atoms with Gasteiger partial charge in [-0.25, -0.2) is 8.42 Å². The molecule has 1 N–H and O–H groups in total. The molecule has 0 saturated heterocycles. The molecule has 0 fully saturated rings. The lowest BCUT2D eigenvalue weighted by molar-refractivity contribution is -0.140. The highest BCUT2D eigenvalue weighted by Crippen LogP contribution is 2.32. The summed E-state index contributed by atoms with van der Waals surface area (Å²) in [5, 5.41) is 2.99. The number of methoxy groups -OCH3 is 2. The fourth-order valence-corrected chi connectivity index (χ4v) is 6.14. The average Bonchev–Trinajstić information content (AvgIpc) is 2.99. The fourth-order valence-electron chi connectivity index (χ4n) is 4.71. The van der Waals surface area contributed by atoms with Crippen LogP contribution in [0.25, 0.3) is 0 Å². The number of benzene rings is 3. The molecule has 0 bridgehead atoms. The third-order valence-corrected chi connectivity index (χ3v) is 9.14. The minimum Gasteiger partial charge on any atom is -0.493 e. The van der Waals surface area contributed by atoms with Gasteiger partial charge in [0.05, 0.1) is 24.8 Å². The van der Waals surface area contributed by atoms with Gasteiger partial charge < -0.3 is 19.7 Å². The Morgan fingerprint density at radius 3 is 2.12 bits per heavy atom. The molecule has 3 rings (SSSR count). The first-order valence-corrected chi connectivity index (χ1v) is 15.9. The molecule has 43 heavy (non-hydrogen) atoms. The van der Waals surface area contributed by atoms with Crippen LogP contribution in [-0.2, 0) is 26.2 Å². The van der Waals surface area contributed by atoms with Gasteiger partial charge in [-0.15, -0.1) is 0 Å². The maximum Gasteiger partial charge on any atom is 0.264 e. The van der Waals surface area contributed by atoms with Crippen molar-refractivity contribution in [3.8, 4) is 11.5 Å². The van der Waals surface area contributed by atoms with Crippen LogP contribution in [0.4, 0.5) is 5.69 Å². The van der Waals surface area contributed by atoms with Crippen molar-refractivity contribution in [3.63, 3.8) is 0 Å². The largest absolute Gasteiger partial charge is 0.493 e. The number of nitrogens with one attached hydrogen (secondary N) is 1. The molecular weight excluding hydrogens is 566 g/mol. The number of aryl methyl sites for hydroxylation is 2. The van der Waals surface area contributed by atoms with Gasteiger partial charge >= 0.3 is 0 Å². The first-order chi connectivity index (χ1) is 20.4. The molecular formula is C33H43N3O6S. The maximum absolute atomic E-state index is 14.2. The summed E-state index contributed by atoms with van der Waals surface area (Å²) in [6, 6.07) is 18.0. The van der Waals surface area contributed by atoms with Crippen molar-refractivity contribution in [1.29, 1.82) is 0 Å². The van der Waals surface area contributed by atoms with Crippen LogP contribution in [0.3, 0.4) is 0 Å². The quantitative estimate of drug-likeness (QED) is 0.268. The van der Waals surface area contributed by atoms with Crippen molar-refractivity contribution in [3.05, 3.63) is 83.4 Å². The molecule has 0 heterocycles. The minimum absolute atomic E-state index is 0.0645. The van der Waals surface area contributed by atoms with Crippen LogP contribution in [0.15, 0.2) is 71.6 Å². The topological polar surface area (TPSA) is 105 Å². The number of carbonyl (C=O) groups is 2. The summed E-state index contributed by atoms with van der Waals surface area (Å²) in [7, 11) is -1.37. The second-order valence-electron chi connectivity index (χ2n) is 10.6. The second-order valence-corrected chi connectivity index (χ2v) is 12.5. The van der Waals surface area contributed by atoms with Gasteiger partial charge in [0.25, 0.3) is 10.0 Å². The highest BCUT2D eigenvalue weighted by atomic mass is 32.2. The third-order valence-electron chi connectivity index (χ3n) is 7.37. The first kappa shape index (κ1) is 33.5. The molecule has 9 nitrogen and oxygen atoms in total. The highest BCUT2D eigenvalue weighted by molar-refractivity contribution is 7.92. The summed E-state index contributed by atoms with van der Waals surface area (Å²) >= 11 is 0. The summed E-state index contributed by atoms with van der Waals surface area (Å²) in [5.41, 5.74) is 3.11. The predicted octanol–water partition coefficient (Wildman–Crippen LogP) is 5.24. The lowest BCUT2D eigenvalue weighted by Crippen LogP contribution is -2.53. The summed E-state index contributed by atoms with van der Waals surface area (Å²) in [5.74, 6) is -0.158. The van der Waals surface area contributed by atoms with Gasteiger partial charge in [-0.3, -0.25) is 13.9 Å². The van der Waals surface area contributed by atoms with E-state index >= 15 is 0 Å². The summed E-state index contributed by atoms with van der Waals surface area (Å²) in [6.07, 6.45) is 1.09. The molecule has 0 aromatic heterocycles. The smallest absolute Gasteiger partial charge is 0.264 e. The summed E-state index contributed by atoms with van der Waals surface area (Å²) < 4.78 is 40.1. The lowest BCUT2D eigenvalue weighted by Gasteiger charge is -2.34. The number of ether oxygens (including phenoxy) is 2. The number of amides is 2. The molecule has 0 saturated carbocycles. The van der Waals surface area contributed by atoms with Gasteiger partial charge in [0.1, 0.15) is 12.6 Å². The number of rotatable bonds is 14. The first-order valence-electron chi connectivity index (χ1n) is 14.4. The van der Waals surface area contributed by atoms with Crippen molar-refractivity contribution in [2.24, 2.45) is 0 Å². The van der Waals surface area contributed by atoms with E-state index in [1.807, 2.05) is 58.9 Å². The Morgan fingerprint density at radius 2 is 1.53 bits per heavy atom. The van der Waals surface area contributed by atoms with Crippen molar-refractivity contribution in [2.45, 2.75) is 71.0 Å². The number of nitrogens with zero attached hydrogens (tertiary/aromatic N) is 2. The number of hydrogen-bond acceptors (Lipinski definition) is 6. The number of carbonyl (C=O) groups excluding carboxylic acids is 2. The standard InChI is InChI=1S/C33H43N3O6S/c1-8-25(5)34-33(38)29(9-2)35(21-26-12-10-11-24(4)19-26)32(37)22-36(27-15-13-23(3)14-16-27)43(39,40)28-17-18-30(41-6)31(20-28)42-7/h10-20,25,29H,8-9,21-22H2,1-7H3,(H,34,38)/t25-,29-/m0/s1. The number of anilines is 1. The van der Waals surface area contributed by atoms with Crippen molar-refractivity contribution < 1.29 is 27.5 Å². The zero-order chi connectivity index (χ0) is 31.7. The predicted molar refractivity (Wildman–Crippen MR) is 169 cm³/mol. The molecule has 0 unspecified atom stereocenters. The molecule has 232 valence electrons. The lowest BCUT2D eigenvalue weighted by atomic mass is 10.1. The fraction of sp³-hybridized carbons (Fsp3) is 0.394. The Hall–Kier alpha value is -4.05. The van der Waals surface area contributed by atoms with E-state index in [9.17, 15) is 18.0 Å². The molecule has 0 aliphatic carbocycles. The van der Waals surface area contributed by atoms with Gasteiger partial charge in [0.15, 0.2) is 11.5 Å². The normalized spacial score (nSPS) is 12.6. The van der Waals surface area contributed by atoms with E-state index in [0.29, 0.717) is 17.9 Å². The molecule has 2 atom stereocenters. The average molecular weight is 610 g/mol. The zero-order valence-electron chi connectivity index (χ0n) is 26.1. The number of hydrogen-bond donors (Lipinski definition) is 1. The molecule has 0 aliphatic heterocycles. The monoisotopic (exact) mass is 609 g/mol. The Morgan fingerprint density at radius 1 is 0.860 bits per heavy atom. The Bertz CT molecular complexity index is 1510. The van der Waals surface area contributed by atoms with E-state index in [-0.39, 0.29) is 29.1 Å². The van der Waals surface area contributed by atoms with Crippen molar-refractivity contribution >= 4 is 27.5 Å². The third kappa shape index (κ3) is 8.28. The molecule has 3 aromatic rings. The Labute approximate surface area is 255 Å². The van der Waals surface area contributed by atoms with Crippen LogP contribution in [0.1, 0.15) is 50.3 Å². The van der Waals surface area contributed by atoms with Crippen LogP contribution >= 0.6 is 0 Å². The number of sulfonamides is 1. The van der Waals surface area contributed by atoms with Crippen LogP contribution < -0.4 is 19.1 Å². The summed E-state index contributed by atoms with van der Waals surface area (Å²) in [4.78, 5) is 29.1. The second kappa shape index (κ2) is 14.9. The van der Waals surface area contributed by atoms with E-state index in [0.717, 1.165) is 27.4 Å². The van der Waals surface area contributed by atoms with Crippen molar-refractivity contribution in [1.82, 2.24) is 10.2 Å². The molecule has 3 aromatic carbocycles. The van der Waals surface area contributed by atoms with Gasteiger partial charge in [0.2, 0.25) is 11.8 Å². The van der Waals surface area contributed by atoms with Gasteiger partial charge in [-0.2, -0.15) is 0 Å². The van der Waals surface area contributed by atoms with Crippen molar-refractivity contribution in [2.75, 3.05) is 25.1 Å². The molecule has 10 heteroatoms. The van der Waals surface area contributed by atoms with Gasteiger partial charge in [-0.1, -0.05) is 61.4 Å². The van der Waals surface area contributed by atoms with E-state index in [2.05, 4.69) is 5.32 Å². The van der Waals surface area contributed by atoms with Crippen LogP contribution in [-0.4, -0.2) is 58.0 Å².